The van der Waals surface area contributed by atoms with Crippen molar-refractivity contribution in [1.82, 2.24) is 15.2 Å². The van der Waals surface area contributed by atoms with Crippen LogP contribution >= 0.6 is 11.3 Å². The zero-order valence-corrected chi connectivity index (χ0v) is 13.4. The molecule has 0 aliphatic heterocycles. The number of nitrogens with zero attached hydrogens (tertiary/aromatic N) is 2. The molecule has 2 rings (SSSR count). The van der Waals surface area contributed by atoms with E-state index in [-0.39, 0.29) is 11.9 Å². The molecule has 2 aromatic rings. The zero-order valence-electron chi connectivity index (χ0n) is 12.6. The summed E-state index contributed by atoms with van der Waals surface area (Å²) in [7, 11) is 0. The van der Waals surface area contributed by atoms with Gasteiger partial charge in [-0.2, -0.15) is 0 Å². The van der Waals surface area contributed by atoms with Crippen molar-refractivity contribution in [3.63, 3.8) is 0 Å². The number of likely N-dealkylation sites (N-methyl/N-ethyl adjacent to an activating group) is 1. The first-order valence-corrected chi connectivity index (χ1v) is 7.96. The predicted molar refractivity (Wildman–Crippen MR) is 84.0 cm³/mol. The maximum Gasteiger partial charge on any atom is 0.234 e. The molecule has 21 heavy (non-hydrogen) atoms. The SMILES string of the molecule is CCN(CC(=O)NC(C)C)Cc1csc(-c2ccco2)n1. The van der Waals surface area contributed by atoms with Gasteiger partial charge in [-0.1, -0.05) is 6.92 Å². The normalized spacial score (nSPS) is 11.3. The van der Waals surface area contributed by atoms with Crippen LogP contribution in [0.1, 0.15) is 26.5 Å². The average molecular weight is 307 g/mol. The van der Waals surface area contributed by atoms with E-state index in [1.807, 2.05) is 38.3 Å². The van der Waals surface area contributed by atoms with Crippen LogP contribution in [0.5, 0.6) is 0 Å². The second-order valence-corrected chi connectivity index (χ2v) is 6.00. The lowest BCUT2D eigenvalue weighted by molar-refractivity contribution is -0.122. The Morgan fingerprint density at radius 3 is 2.95 bits per heavy atom. The number of carbonyl (C=O) groups is 1. The van der Waals surface area contributed by atoms with E-state index < -0.39 is 0 Å². The van der Waals surface area contributed by atoms with Gasteiger partial charge < -0.3 is 9.73 Å². The average Bonchev–Trinajstić information content (AvgIpc) is 3.07. The van der Waals surface area contributed by atoms with Gasteiger partial charge in [0.2, 0.25) is 5.91 Å². The lowest BCUT2D eigenvalue weighted by Gasteiger charge is -2.19. The van der Waals surface area contributed by atoms with E-state index in [1.165, 1.54) is 0 Å². The number of hydrogen-bond donors (Lipinski definition) is 1. The topological polar surface area (TPSA) is 58.4 Å². The Balaban J connectivity index is 1.94. The molecule has 2 heterocycles. The molecule has 0 saturated carbocycles. The molecule has 0 radical (unpaired) electrons. The van der Waals surface area contributed by atoms with Crippen molar-refractivity contribution in [3.05, 3.63) is 29.5 Å². The molecule has 6 heteroatoms. The number of furan rings is 1. The van der Waals surface area contributed by atoms with Crippen LogP contribution < -0.4 is 5.32 Å². The predicted octanol–water partition coefficient (Wildman–Crippen LogP) is 2.75. The molecule has 0 unspecified atom stereocenters. The Morgan fingerprint density at radius 1 is 1.52 bits per heavy atom. The highest BCUT2D eigenvalue weighted by molar-refractivity contribution is 7.13. The summed E-state index contributed by atoms with van der Waals surface area (Å²) in [6, 6.07) is 3.92. The lowest BCUT2D eigenvalue weighted by atomic mass is 10.3. The minimum Gasteiger partial charge on any atom is -0.462 e. The van der Waals surface area contributed by atoms with Gasteiger partial charge in [-0.05, 0) is 32.5 Å². The van der Waals surface area contributed by atoms with Gasteiger partial charge in [0.1, 0.15) is 0 Å². The van der Waals surface area contributed by atoms with Crippen molar-refractivity contribution < 1.29 is 9.21 Å². The number of hydrogen-bond acceptors (Lipinski definition) is 5. The molecular formula is C15H21N3O2S. The monoisotopic (exact) mass is 307 g/mol. The lowest BCUT2D eigenvalue weighted by Crippen LogP contribution is -2.39. The summed E-state index contributed by atoms with van der Waals surface area (Å²) in [5, 5.41) is 5.80. The molecule has 0 aliphatic carbocycles. The Kier molecular flexibility index (Phi) is 5.52. The smallest absolute Gasteiger partial charge is 0.234 e. The van der Waals surface area contributed by atoms with Crippen LogP contribution in [0.3, 0.4) is 0 Å². The minimum atomic E-state index is 0.0494. The van der Waals surface area contributed by atoms with Gasteiger partial charge >= 0.3 is 0 Å². The molecule has 0 saturated heterocycles. The third-order valence-electron chi connectivity index (χ3n) is 2.93. The number of thiazole rings is 1. The largest absolute Gasteiger partial charge is 0.462 e. The highest BCUT2D eigenvalue weighted by atomic mass is 32.1. The number of rotatable bonds is 7. The third kappa shape index (κ3) is 4.68. The second kappa shape index (κ2) is 7.38. The van der Waals surface area contributed by atoms with E-state index in [9.17, 15) is 4.79 Å². The Hall–Kier alpha value is -1.66. The maximum atomic E-state index is 11.8. The van der Waals surface area contributed by atoms with Crippen LogP contribution in [-0.4, -0.2) is 34.9 Å². The third-order valence-corrected chi connectivity index (χ3v) is 3.84. The van der Waals surface area contributed by atoms with Crippen molar-refractivity contribution in [2.75, 3.05) is 13.1 Å². The van der Waals surface area contributed by atoms with Crippen LogP contribution in [0.2, 0.25) is 0 Å². The Morgan fingerprint density at radius 2 is 2.33 bits per heavy atom. The Labute approximate surface area is 129 Å². The molecule has 0 bridgehead atoms. The fraction of sp³-hybridized carbons (Fsp3) is 0.467. The molecule has 2 aromatic heterocycles. The highest BCUT2D eigenvalue weighted by Gasteiger charge is 2.13. The summed E-state index contributed by atoms with van der Waals surface area (Å²) < 4.78 is 5.34. The summed E-state index contributed by atoms with van der Waals surface area (Å²) in [5.41, 5.74) is 0.964. The van der Waals surface area contributed by atoms with Crippen molar-refractivity contribution in [1.29, 1.82) is 0 Å². The van der Waals surface area contributed by atoms with E-state index in [2.05, 4.69) is 15.2 Å². The van der Waals surface area contributed by atoms with Gasteiger partial charge in [-0.15, -0.1) is 11.3 Å². The maximum absolute atomic E-state index is 11.8. The van der Waals surface area contributed by atoms with Gasteiger partial charge in [0.15, 0.2) is 10.8 Å². The first-order chi connectivity index (χ1) is 10.1. The summed E-state index contributed by atoms with van der Waals surface area (Å²) in [4.78, 5) is 18.4. The van der Waals surface area contributed by atoms with Crippen molar-refractivity contribution >= 4 is 17.2 Å². The number of amides is 1. The second-order valence-electron chi connectivity index (χ2n) is 5.15. The molecule has 1 amide bonds. The summed E-state index contributed by atoms with van der Waals surface area (Å²) >= 11 is 1.56. The molecule has 114 valence electrons. The van der Waals surface area contributed by atoms with Crippen LogP contribution in [0.4, 0.5) is 0 Å². The van der Waals surface area contributed by atoms with E-state index in [0.717, 1.165) is 23.0 Å². The highest BCUT2D eigenvalue weighted by Crippen LogP contribution is 2.24. The number of nitrogens with one attached hydrogen (secondary N) is 1. The standard InChI is InChI=1S/C15H21N3O2S/c1-4-18(9-14(19)16-11(2)3)8-12-10-21-15(17-12)13-6-5-7-20-13/h5-7,10-11H,4,8-9H2,1-3H3,(H,16,19). The van der Waals surface area contributed by atoms with Crippen LogP contribution in [0.25, 0.3) is 10.8 Å². The van der Waals surface area contributed by atoms with Crippen LogP contribution in [0, 0.1) is 0 Å². The number of aromatic nitrogens is 1. The van der Waals surface area contributed by atoms with Crippen LogP contribution in [0.15, 0.2) is 28.2 Å². The molecule has 1 N–H and O–H groups in total. The molecule has 0 aromatic carbocycles. The van der Waals surface area contributed by atoms with E-state index in [4.69, 9.17) is 4.42 Å². The molecule has 0 fully saturated rings. The molecular weight excluding hydrogens is 286 g/mol. The molecule has 0 aliphatic rings. The molecule has 5 nitrogen and oxygen atoms in total. The van der Waals surface area contributed by atoms with E-state index in [0.29, 0.717) is 13.1 Å². The first kappa shape index (κ1) is 15.7. The number of carbonyl (C=O) groups excluding carboxylic acids is 1. The quantitative estimate of drug-likeness (QED) is 0.854. The van der Waals surface area contributed by atoms with Crippen molar-refractivity contribution in [2.45, 2.75) is 33.4 Å². The van der Waals surface area contributed by atoms with E-state index >= 15 is 0 Å². The van der Waals surface area contributed by atoms with E-state index in [1.54, 1.807) is 17.6 Å². The fourth-order valence-corrected chi connectivity index (χ4v) is 2.75. The van der Waals surface area contributed by atoms with Gasteiger partial charge in [-0.25, -0.2) is 4.98 Å². The fourth-order valence-electron chi connectivity index (χ4n) is 1.97. The summed E-state index contributed by atoms with van der Waals surface area (Å²) in [6.45, 7) is 7.83. The van der Waals surface area contributed by atoms with Crippen LogP contribution in [-0.2, 0) is 11.3 Å². The van der Waals surface area contributed by atoms with Gasteiger partial charge in [0, 0.05) is 18.0 Å². The molecule has 0 atom stereocenters. The zero-order chi connectivity index (χ0) is 15.2. The first-order valence-electron chi connectivity index (χ1n) is 7.08. The van der Waals surface area contributed by atoms with Gasteiger partial charge in [0.25, 0.3) is 0 Å². The molecule has 0 spiro atoms. The van der Waals surface area contributed by atoms with Gasteiger partial charge in [-0.3, -0.25) is 9.69 Å². The van der Waals surface area contributed by atoms with Crippen molar-refractivity contribution in [3.8, 4) is 10.8 Å². The Bertz CT molecular complexity index is 563. The summed E-state index contributed by atoms with van der Waals surface area (Å²) in [6.07, 6.45) is 1.64. The van der Waals surface area contributed by atoms with Crippen molar-refractivity contribution in [2.24, 2.45) is 0 Å². The summed E-state index contributed by atoms with van der Waals surface area (Å²) in [5.74, 6) is 0.834. The minimum absolute atomic E-state index is 0.0494. The van der Waals surface area contributed by atoms with Gasteiger partial charge in [0.05, 0.1) is 18.5 Å².